The van der Waals surface area contributed by atoms with Gasteiger partial charge in [-0.15, -0.1) is 0 Å². The van der Waals surface area contributed by atoms with E-state index in [0.717, 1.165) is 59.8 Å². The van der Waals surface area contributed by atoms with E-state index in [-0.39, 0.29) is 11.7 Å². The average Bonchev–Trinajstić information content (AvgIpc) is 3.33. The summed E-state index contributed by atoms with van der Waals surface area (Å²) in [5.74, 6) is 1.94. The van der Waals surface area contributed by atoms with Crippen LogP contribution in [-0.2, 0) is 6.42 Å². The zero-order chi connectivity index (χ0) is 25.2. The first-order valence-corrected chi connectivity index (χ1v) is 12.4. The van der Waals surface area contributed by atoms with Crippen molar-refractivity contribution in [2.75, 3.05) is 30.9 Å². The van der Waals surface area contributed by atoms with Crippen molar-refractivity contribution < 1.29 is 9.13 Å². The van der Waals surface area contributed by atoms with E-state index in [0.29, 0.717) is 16.9 Å². The molecule has 0 saturated carbocycles. The van der Waals surface area contributed by atoms with Crippen molar-refractivity contribution in [3.05, 3.63) is 82.8 Å². The molecular formula is C27H28ClFN6O. The maximum absolute atomic E-state index is 13.6. The molecule has 2 aromatic carbocycles. The molecular weight excluding hydrogens is 479 g/mol. The van der Waals surface area contributed by atoms with Crippen molar-refractivity contribution in [2.24, 2.45) is 0 Å². The van der Waals surface area contributed by atoms with Crippen LogP contribution < -0.4 is 15.0 Å². The van der Waals surface area contributed by atoms with Gasteiger partial charge in [0.1, 0.15) is 28.9 Å². The van der Waals surface area contributed by atoms with Crippen molar-refractivity contribution in [2.45, 2.75) is 32.1 Å². The van der Waals surface area contributed by atoms with E-state index >= 15 is 0 Å². The zero-order valence-electron chi connectivity index (χ0n) is 20.5. The van der Waals surface area contributed by atoms with E-state index in [1.54, 1.807) is 19.6 Å². The molecule has 0 radical (unpaired) electrons. The molecule has 7 nitrogen and oxygen atoms in total. The molecule has 0 bridgehead atoms. The van der Waals surface area contributed by atoms with E-state index in [9.17, 15) is 4.39 Å². The molecule has 0 saturated heterocycles. The quantitative estimate of drug-likeness (QED) is 0.325. The van der Waals surface area contributed by atoms with Gasteiger partial charge < -0.3 is 19.5 Å². The number of ether oxygens (including phenoxy) is 1. The number of hydrogen-bond acceptors (Lipinski definition) is 6. The van der Waals surface area contributed by atoms with Crippen molar-refractivity contribution in [1.82, 2.24) is 19.5 Å². The Kier molecular flexibility index (Phi) is 6.78. The van der Waals surface area contributed by atoms with E-state index in [4.69, 9.17) is 26.3 Å². The van der Waals surface area contributed by atoms with E-state index in [2.05, 4.69) is 22.1 Å². The number of benzene rings is 2. The third-order valence-corrected chi connectivity index (χ3v) is 6.84. The molecule has 1 aliphatic rings. The van der Waals surface area contributed by atoms with Crippen LogP contribution in [0.15, 0.2) is 55.0 Å². The normalized spacial score (nSPS) is 14.9. The lowest BCUT2D eigenvalue weighted by Crippen LogP contribution is -2.24. The largest absolute Gasteiger partial charge is 0.494 e. The molecule has 1 atom stereocenters. The fraction of sp³-hybridized carbons (Fsp3) is 0.296. The highest BCUT2D eigenvalue weighted by Crippen LogP contribution is 2.40. The Morgan fingerprint density at radius 2 is 2.00 bits per heavy atom. The summed E-state index contributed by atoms with van der Waals surface area (Å²) < 4.78 is 21.0. The molecule has 0 aliphatic heterocycles. The molecule has 4 aromatic rings. The Bertz CT molecular complexity index is 1370. The van der Waals surface area contributed by atoms with Gasteiger partial charge in [0.25, 0.3) is 0 Å². The summed E-state index contributed by atoms with van der Waals surface area (Å²) >= 11 is 5.99. The maximum Gasteiger partial charge on any atom is 0.229 e. The maximum atomic E-state index is 13.6. The number of halogens is 2. The molecule has 2 heterocycles. The lowest BCUT2D eigenvalue weighted by Gasteiger charge is -2.29. The minimum atomic E-state index is -0.235. The third-order valence-electron chi connectivity index (χ3n) is 6.64. The highest BCUT2D eigenvalue weighted by molar-refractivity contribution is 6.29. The van der Waals surface area contributed by atoms with Gasteiger partial charge in [-0.3, -0.25) is 0 Å². The first kappa shape index (κ1) is 24.1. The van der Waals surface area contributed by atoms with Crippen LogP contribution in [0.5, 0.6) is 5.75 Å². The van der Waals surface area contributed by atoms with Crippen LogP contribution in [0.3, 0.4) is 0 Å². The summed E-state index contributed by atoms with van der Waals surface area (Å²) in [5.41, 5.74) is 4.84. The molecule has 1 aliphatic carbocycles. The summed E-state index contributed by atoms with van der Waals surface area (Å²) in [6.07, 6.45) is 6.28. The van der Waals surface area contributed by atoms with Gasteiger partial charge in [-0.2, -0.15) is 4.98 Å². The first-order chi connectivity index (χ1) is 17.5. The molecule has 0 fully saturated rings. The van der Waals surface area contributed by atoms with Crippen LogP contribution in [0.2, 0.25) is 5.15 Å². The number of methoxy groups -OCH3 is 1. The summed E-state index contributed by atoms with van der Waals surface area (Å²) in [6.45, 7) is 2.92. The van der Waals surface area contributed by atoms with Gasteiger partial charge in [0.15, 0.2) is 0 Å². The van der Waals surface area contributed by atoms with E-state index in [1.807, 2.05) is 41.9 Å². The first-order valence-electron chi connectivity index (χ1n) is 12.0. The zero-order valence-corrected chi connectivity index (χ0v) is 21.3. The Balaban J connectivity index is 1.54. The van der Waals surface area contributed by atoms with Gasteiger partial charge in [0, 0.05) is 43.0 Å². The predicted octanol–water partition coefficient (Wildman–Crippen LogP) is 6.13. The second-order valence-electron chi connectivity index (χ2n) is 8.86. The third kappa shape index (κ3) is 4.73. The lowest BCUT2D eigenvalue weighted by molar-refractivity contribution is 0.413. The van der Waals surface area contributed by atoms with Crippen LogP contribution in [0.4, 0.5) is 21.8 Å². The Hall–Kier alpha value is -3.65. The second-order valence-corrected chi connectivity index (χ2v) is 9.25. The highest BCUT2D eigenvalue weighted by atomic mass is 35.5. The van der Waals surface area contributed by atoms with Gasteiger partial charge in [-0.1, -0.05) is 23.7 Å². The number of nitrogens with zero attached hydrogens (tertiary/aromatic N) is 5. The number of anilines is 3. The number of hydrogen-bond donors (Lipinski definition) is 1. The van der Waals surface area contributed by atoms with Crippen LogP contribution in [0, 0.1) is 5.82 Å². The molecule has 1 N–H and O–H groups in total. The highest BCUT2D eigenvalue weighted by Gasteiger charge is 2.28. The van der Waals surface area contributed by atoms with Crippen molar-refractivity contribution in [3.63, 3.8) is 0 Å². The number of rotatable bonds is 7. The monoisotopic (exact) mass is 506 g/mol. The second kappa shape index (κ2) is 10.1. The van der Waals surface area contributed by atoms with Crippen molar-refractivity contribution in [3.8, 4) is 11.4 Å². The van der Waals surface area contributed by atoms with Crippen molar-refractivity contribution in [1.29, 1.82) is 0 Å². The predicted molar refractivity (Wildman–Crippen MR) is 141 cm³/mol. The average molecular weight is 507 g/mol. The number of fused-ring (bicyclic) bond motifs is 1. The van der Waals surface area contributed by atoms with E-state index < -0.39 is 0 Å². The molecule has 9 heteroatoms. The van der Waals surface area contributed by atoms with Crippen LogP contribution in [0.25, 0.3) is 5.69 Å². The van der Waals surface area contributed by atoms with Gasteiger partial charge in [0.05, 0.1) is 18.5 Å². The molecule has 0 amide bonds. The summed E-state index contributed by atoms with van der Waals surface area (Å²) in [5, 5.41) is 3.78. The van der Waals surface area contributed by atoms with Gasteiger partial charge in [-0.25, -0.2) is 14.4 Å². The fourth-order valence-corrected chi connectivity index (χ4v) is 4.85. The summed E-state index contributed by atoms with van der Waals surface area (Å²) in [7, 11) is 3.67. The summed E-state index contributed by atoms with van der Waals surface area (Å²) in [4.78, 5) is 16.1. The number of nitrogens with one attached hydrogen (secondary N) is 1. The number of aromatic nitrogens is 4. The van der Waals surface area contributed by atoms with Crippen LogP contribution in [0.1, 0.15) is 42.5 Å². The van der Waals surface area contributed by atoms with Gasteiger partial charge in [-0.05, 0) is 56.0 Å². The van der Waals surface area contributed by atoms with Crippen molar-refractivity contribution >= 4 is 29.1 Å². The molecule has 2 aromatic heterocycles. The molecule has 186 valence electrons. The molecule has 5 rings (SSSR count). The Morgan fingerprint density at radius 3 is 2.69 bits per heavy atom. The molecule has 0 spiro atoms. The minimum Gasteiger partial charge on any atom is -0.494 e. The Labute approximate surface area is 214 Å². The molecule has 1 unspecified atom stereocenters. The lowest BCUT2D eigenvalue weighted by atomic mass is 9.82. The van der Waals surface area contributed by atoms with E-state index in [1.165, 1.54) is 12.1 Å². The SMILES string of the molecule is CCN(C)c1nc(Nc2ccc(-n3cnc(Cl)c3)c(OC)c2)nc2c1CCCC2c1ccc(F)cc1. The Morgan fingerprint density at radius 1 is 1.19 bits per heavy atom. The summed E-state index contributed by atoms with van der Waals surface area (Å²) in [6, 6.07) is 12.5. The number of imidazole rings is 1. The minimum absolute atomic E-state index is 0.0878. The fourth-order valence-electron chi connectivity index (χ4n) is 4.71. The smallest absolute Gasteiger partial charge is 0.229 e. The van der Waals surface area contributed by atoms with Crippen LogP contribution >= 0.6 is 11.6 Å². The molecule has 36 heavy (non-hydrogen) atoms. The van der Waals surface area contributed by atoms with Gasteiger partial charge >= 0.3 is 0 Å². The standard InChI is InChI=1S/C27H28ClFN6O/c1-4-34(2)26-21-7-5-6-20(17-8-10-18(29)11-9-17)25(21)32-27(33-26)31-19-12-13-22(23(14-19)36-3)35-15-24(28)30-16-35/h8-16,20H,4-7H2,1-3H3,(H,31,32,33). The topological polar surface area (TPSA) is 68.1 Å². The van der Waals surface area contributed by atoms with Gasteiger partial charge in [0.2, 0.25) is 5.95 Å². The van der Waals surface area contributed by atoms with Crippen LogP contribution in [-0.4, -0.2) is 40.2 Å².